The highest BCUT2D eigenvalue weighted by Gasteiger charge is 2.09. The second kappa shape index (κ2) is 5.60. The maximum absolute atomic E-state index is 13.2. The van der Waals surface area contributed by atoms with E-state index in [1.807, 2.05) is 6.92 Å². The minimum absolute atomic E-state index is 0.175. The van der Waals surface area contributed by atoms with E-state index in [1.165, 1.54) is 0 Å². The van der Waals surface area contributed by atoms with Gasteiger partial charge in [-0.2, -0.15) is 0 Å². The van der Waals surface area contributed by atoms with Crippen LogP contribution in [-0.4, -0.2) is 31.7 Å². The lowest BCUT2D eigenvalue weighted by Gasteiger charge is -2.18. The van der Waals surface area contributed by atoms with Crippen LogP contribution < -0.4 is 10.2 Å². The molecule has 5 heteroatoms. The number of rotatable bonds is 5. The first kappa shape index (κ1) is 11.8. The molecular weight excluding hydrogens is 200 g/mol. The minimum atomic E-state index is -0.656. The molecular formula is C10H15F2N3. The Kier molecular flexibility index (Phi) is 4.42. The molecule has 0 amide bonds. The van der Waals surface area contributed by atoms with E-state index in [2.05, 4.69) is 10.3 Å². The molecule has 0 bridgehead atoms. The molecule has 0 saturated carbocycles. The average molecular weight is 215 g/mol. The summed E-state index contributed by atoms with van der Waals surface area (Å²) in [6.07, 6.45) is 1.02. The Labute approximate surface area is 88.1 Å². The first-order valence-corrected chi connectivity index (χ1v) is 4.88. The van der Waals surface area contributed by atoms with Crippen molar-refractivity contribution in [1.29, 1.82) is 0 Å². The molecule has 0 aromatic carbocycles. The molecule has 0 fully saturated rings. The van der Waals surface area contributed by atoms with Gasteiger partial charge in [-0.1, -0.05) is 6.92 Å². The number of hydrogen-bond acceptors (Lipinski definition) is 3. The average Bonchev–Trinajstić information content (AvgIpc) is 2.17. The molecule has 1 aromatic rings. The Balaban J connectivity index is 2.61. The third-order valence-electron chi connectivity index (χ3n) is 2.02. The predicted molar refractivity (Wildman–Crippen MR) is 56.0 cm³/mol. The van der Waals surface area contributed by atoms with Crippen LogP contribution in [0.5, 0.6) is 0 Å². The van der Waals surface area contributed by atoms with Gasteiger partial charge in [0.1, 0.15) is 5.82 Å². The third-order valence-corrected chi connectivity index (χ3v) is 2.02. The Bertz CT molecular complexity index is 318. The van der Waals surface area contributed by atoms with Gasteiger partial charge >= 0.3 is 0 Å². The molecule has 15 heavy (non-hydrogen) atoms. The third kappa shape index (κ3) is 3.43. The van der Waals surface area contributed by atoms with Gasteiger partial charge in [-0.15, -0.1) is 0 Å². The maximum Gasteiger partial charge on any atom is 0.168 e. The van der Waals surface area contributed by atoms with E-state index in [4.69, 9.17) is 0 Å². The fourth-order valence-electron chi connectivity index (χ4n) is 1.22. The van der Waals surface area contributed by atoms with Crippen LogP contribution in [0.3, 0.4) is 0 Å². The molecule has 0 aliphatic carbocycles. The normalized spacial score (nSPS) is 10.4. The Hall–Kier alpha value is -1.23. The molecule has 0 unspecified atom stereocenters. The summed E-state index contributed by atoms with van der Waals surface area (Å²) < 4.78 is 25.8. The van der Waals surface area contributed by atoms with Gasteiger partial charge in [0.2, 0.25) is 0 Å². The molecule has 0 radical (unpaired) electrons. The highest BCUT2D eigenvalue weighted by atomic mass is 19.1. The lowest BCUT2D eigenvalue weighted by molar-refractivity contribution is 0.568. The zero-order valence-corrected chi connectivity index (χ0v) is 8.93. The van der Waals surface area contributed by atoms with Gasteiger partial charge in [0, 0.05) is 26.2 Å². The van der Waals surface area contributed by atoms with E-state index in [0.717, 1.165) is 25.4 Å². The van der Waals surface area contributed by atoms with Gasteiger partial charge in [0.25, 0.3) is 0 Å². The maximum atomic E-state index is 13.2. The van der Waals surface area contributed by atoms with E-state index >= 15 is 0 Å². The molecule has 0 atom stereocenters. The molecule has 0 spiro atoms. The van der Waals surface area contributed by atoms with E-state index in [1.54, 1.807) is 11.9 Å². The zero-order chi connectivity index (χ0) is 11.3. The van der Waals surface area contributed by atoms with E-state index in [-0.39, 0.29) is 5.82 Å². The van der Waals surface area contributed by atoms with Gasteiger partial charge in [0.05, 0.1) is 6.20 Å². The quantitative estimate of drug-likeness (QED) is 0.753. The van der Waals surface area contributed by atoms with Gasteiger partial charge in [-0.05, 0) is 6.54 Å². The molecule has 0 saturated heterocycles. The van der Waals surface area contributed by atoms with Crippen LogP contribution in [0.15, 0.2) is 12.3 Å². The van der Waals surface area contributed by atoms with E-state index < -0.39 is 11.6 Å². The molecule has 1 heterocycles. The van der Waals surface area contributed by atoms with Crippen molar-refractivity contribution in [3.05, 3.63) is 23.9 Å². The standard InChI is InChI=1S/C10H15F2N3/c1-3-13-4-5-15(2)10-9(12)6-8(11)7-14-10/h6-7,13H,3-5H2,1-2H3. The Morgan fingerprint density at radius 1 is 1.47 bits per heavy atom. The van der Waals surface area contributed by atoms with Crippen molar-refractivity contribution in [2.45, 2.75) is 6.92 Å². The summed E-state index contributed by atoms with van der Waals surface area (Å²) in [5, 5.41) is 3.11. The summed E-state index contributed by atoms with van der Waals surface area (Å²) >= 11 is 0. The Morgan fingerprint density at radius 2 is 2.20 bits per heavy atom. The second-order valence-electron chi connectivity index (χ2n) is 3.23. The summed E-state index contributed by atoms with van der Waals surface area (Å²) in [5.41, 5.74) is 0. The molecule has 3 nitrogen and oxygen atoms in total. The number of halogens is 2. The van der Waals surface area contributed by atoms with Crippen LogP contribution in [0, 0.1) is 11.6 Å². The lowest BCUT2D eigenvalue weighted by Crippen LogP contribution is -2.30. The summed E-state index contributed by atoms with van der Waals surface area (Å²) in [5.74, 6) is -1.11. The van der Waals surface area contributed by atoms with Crippen LogP contribution in [0.4, 0.5) is 14.6 Å². The predicted octanol–water partition coefficient (Wildman–Crippen LogP) is 1.41. The molecule has 1 aromatic heterocycles. The summed E-state index contributed by atoms with van der Waals surface area (Å²) in [6, 6.07) is 0.839. The van der Waals surface area contributed by atoms with Crippen LogP contribution in [0.1, 0.15) is 6.92 Å². The van der Waals surface area contributed by atoms with Crippen molar-refractivity contribution in [2.75, 3.05) is 31.6 Å². The van der Waals surface area contributed by atoms with Gasteiger partial charge < -0.3 is 10.2 Å². The molecule has 0 aliphatic rings. The monoisotopic (exact) mass is 215 g/mol. The van der Waals surface area contributed by atoms with Crippen LogP contribution in [0.2, 0.25) is 0 Å². The number of anilines is 1. The van der Waals surface area contributed by atoms with E-state index in [0.29, 0.717) is 6.54 Å². The molecule has 1 rings (SSSR count). The highest BCUT2D eigenvalue weighted by molar-refractivity contribution is 5.38. The summed E-state index contributed by atoms with van der Waals surface area (Å²) in [4.78, 5) is 5.35. The fraction of sp³-hybridized carbons (Fsp3) is 0.500. The Morgan fingerprint density at radius 3 is 2.80 bits per heavy atom. The number of likely N-dealkylation sites (N-methyl/N-ethyl adjacent to an activating group) is 2. The van der Waals surface area contributed by atoms with Crippen molar-refractivity contribution >= 4 is 5.82 Å². The number of aromatic nitrogens is 1. The molecule has 1 N–H and O–H groups in total. The zero-order valence-electron chi connectivity index (χ0n) is 8.93. The largest absolute Gasteiger partial charge is 0.356 e. The van der Waals surface area contributed by atoms with Crippen molar-refractivity contribution in [3.63, 3.8) is 0 Å². The van der Waals surface area contributed by atoms with Gasteiger partial charge in [-0.25, -0.2) is 13.8 Å². The first-order valence-electron chi connectivity index (χ1n) is 4.88. The molecule has 0 aliphatic heterocycles. The van der Waals surface area contributed by atoms with Crippen LogP contribution in [0.25, 0.3) is 0 Å². The summed E-state index contributed by atoms with van der Waals surface area (Å²) in [7, 11) is 1.72. The van der Waals surface area contributed by atoms with E-state index in [9.17, 15) is 8.78 Å². The van der Waals surface area contributed by atoms with Crippen molar-refractivity contribution in [1.82, 2.24) is 10.3 Å². The number of hydrogen-bond donors (Lipinski definition) is 1. The first-order chi connectivity index (χ1) is 7.15. The lowest BCUT2D eigenvalue weighted by atomic mass is 10.4. The van der Waals surface area contributed by atoms with Gasteiger partial charge in [0.15, 0.2) is 11.6 Å². The molecule has 84 valence electrons. The van der Waals surface area contributed by atoms with Crippen molar-refractivity contribution in [2.24, 2.45) is 0 Å². The summed E-state index contributed by atoms with van der Waals surface area (Å²) in [6.45, 7) is 4.23. The topological polar surface area (TPSA) is 28.2 Å². The van der Waals surface area contributed by atoms with Gasteiger partial charge in [-0.3, -0.25) is 0 Å². The second-order valence-corrected chi connectivity index (χ2v) is 3.23. The highest BCUT2D eigenvalue weighted by Crippen LogP contribution is 2.14. The van der Waals surface area contributed by atoms with Crippen molar-refractivity contribution < 1.29 is 8.78 Å². The number of nitrogens with zero attached hydrogens (tertiary/aromatic N) is 2. The van der Waals surface area contributed by atoms with Crippen LogP contribution >= 0.6 is 0 Å². The minimum Gasteiger partial charge on any atom is -0.356 e. The smallest absolute Gasteiger partial charge is 0.168 e. The number of nitrogens with one attached hydrogen (secondary N) is 1. The van der Waals surface area contributed by atoms with Crippen molar-refractivity contribution in [3.8, 4) is 0 Å². The fourth-order valence-corrected chi connectivity index (χ4v) is 1.22. The van der Waals surface area contributed by atoms with Crippen LogP contribution in [-0.2, 0) is 0 Å². The number of pyridine rings is 1. The SMILES string of the molecule is CCNCCN(C)c1ncc(F)cc1F.